The molecule has 1 aliphatic heterocycles. The van der Waals surface area contributed by atoms with E-state index in [0.717, 1.165) is 38.7 Å². The number of fused-ring (bicyclic) bond motifs is 7. The van der Waals surface area contributed by atoms with Gasteiger partial charge < -0.3 is 51.8 Å². The number of nitrogens with two attached hydrogens (primary N) is 4. The maximum absolute atomic E-state index is 14.3. The van der Waals surface area contributed by atoms with Gasteiger partial charge in [-0.05, 0) is 220 Å². The average Bonchev–Trinajstić information content (AvgIpc) is 1.75. The van der Waals surface area contributed by atoms with Gasteiger partial charge in [-0.1, -0.05) is 58.4 Å². The predicted octanol–water partition coefficient (Wildman–Crippen LogP) is 17.8. The number of rotatable bonds is 9. The Balaban J connectivity index is 0.000000145. The Kier molecular flexibility index (Phi) is 34.9. The summed E-state index contributed by atoms with van der Waals surface area (Å²) in [4.78, 5) is 65.1. The molecule has 0 aliphatic carbocycles. The number of anilines is 4. The molecule has 0 atom stereocenters. The molecule has 1 radical (unpaired) electrons. The molecule has 14 heterocycles. The minimum atomic E-state index is -1.66. The summed E-state index contributed by atoms with van der Waals surface area (Å²) in [6.07, 6.45) is 24.1. The van der Waals surface area contributed by atoms with Gasteiger partial charge in [-0.25, -0.2) is 61.8 Å². The van der Waals surface area contributed by atoms with E-state index in [9.17, 15) is 22.0 Å². The van der Waals surface area contributed by atoms with Crippen LogP contribution in [0.25, 0.3) is 111 Å². The minimum absolute atomic E-state index is 0.0972. The topological polar surface area (TPSA) is 409 Å². The molecule has 19 rings (SSSR count). The van der Waals surface area contributed by atoms with E-state index in [4.69, 9.17) is 51.8 Å². The van der Waals surface area contributed by atoms with Crippen LogP contribution in [-0.2, 0) is 18.8 Å². The average molecular weight is 2220 g/mol. The first-order valence-electron chi connectivity index (χ1n) is 37.5. The van der Waals surface area contributed by atoms with Crippen molar-refractivity contribution in [1.82, 2.24) is 88.5 Å². The summed E-state index contributed by atoms with van der Waals surface area (Å²) in [5, 5.41) is 21.9. The van der Waals surface area contributed by atoms with Crippen LogP contribution in [0.4, 0.5) is 45.2 Å². The molecule has 45 heteroatoms. The molecule has 29 nitrogen and oxygen atoms in total. The molecule has 0 unspecified atom stereocenters. The van der Waals surface area contributed by atoms with Crippen molar-refractivity contribution in [2.24, 2.45) is 4.30 Å². The van der Waals surface area contributed by atoms with Crippen molar-refractivity contribution in [3.8, 4) is 45.0 Å². The van der Waals surface area contributed by atoms with Crippen LogP contribution < -0.4 is 33.9 Å². The van der Waals surface area contributed by atoms with Gasteiger partial charge in [0.05, 0.1) is 58.4 Å². The van der Waals surface area contributed by atoms with Crippen molar-refractivity contribution in [3.05, 3.63) is 283 Å². The van der Waals surface area contributed by atoms with Gasteiger partial charge in [0.2, 0.25) is 0 Å². The Morgan fingerprint density at radius 2 is 0.876 bits per heavy atom. The number of halogens is 12. The standard InChI is InChI=1S/C15H7Br2FN4.C15H9BrFN5.C13H7Br2FN4.C13H9FN4.C11H16BNO2.C9H7BFNO2.C4H4BrN3.C4H9BrO2.BHNS/c16-13-12(22-5-4-20-15(22)14(17)21-13)9-6-8-2-1-3-19-11(8)10(18)7-9;16-13-12(22-5-4-20-15(22)14(18)21-13)9-6-8-2-1-3-19-11(8)10(17)7-9;14-11-10(19-13(17)12(15)20-11)7-4-6-2-1-3-18-9(6)8(16)5-7;14-10-5-9(11-6-16-7-12(15)18-11)4-8-2-1-3-17-13(8)10;1-10(2)11(3,4)15-12(14-10)9-6-5-7-13-8-9;11-8-5-7(10(13)14)4-6-2-1-3-12-9(6)8;5-3-1-7-2-4(6)8-3;1-6-4(3-5)7-2;1-2-3/h1-7H;1-7H,(H2,18,21);1-5H,(H2,17,19);1-7H,(H2,15,18);5-8H,1-4H3;1-5,13-14H;1-2H,(H2,6,8);4H,3H2,1-2H3;3H. The van der Waals surface area contributed by atoms with Crippen LogP contribution in [-0.4, -0.2) is 158 Å². The van der Waals surface area contributed by atoms with E-state index >= 15 is 0 Å². The summed E-state index contributed by atoms with van der Waals surface area (Å²) in [5.74, 6) is -0.801. The molecule has 129 heavy (non-hydrogen) atoms. The van der Waals surface area contributed by atoms with Gasteiger partial charge >= 0.3 is 39.0 Å². The molecule has 1 saturated heterocycles. The Bertz CT molecular complexity index is 6810. The SMILES string of the molecule is CC1(C)OB(c2cccnc2)OC1(C)C.COC(CBr)OC.Fc1cc(-c2c(Br)nc(Br)c3nccn23)cc2cccnc12.Nc1cncc(-c2cc(F)c3ncccc3c2)n1.Nc1cncc(Br)n1.Nc1nc(-c2cc(F)c3ncccc3c2)c(Br)nc1Br.Nc1nc(Br)c(-c2cc(F)c3ncccc3c2)n2ccnc12.OB(O)c1cc(F)c2ncccc2c1.[B]=NS. The fourth-order valence-electron chi connectivity index (χ4n) is 12.1. The van der Waals surface area contributed by atoms with E-state index < -0.39 is 18.8 Å². The normalized spacial score (nSPS) is 12.1. The summed E-state index contributed by atoms with van der Waals surface area (Å²) in [6.45, 7) is 8.18. The number of ether oxygens (including phenoxy) is 2. The number of pyridine rings is 6. The molecular formula is C84H69B3Br7F5N23O6S. The van der Waals surface area contributed by atoms with Crippen LogP contribution in [0.3, 0.4) is 0 Å². The third-order valence-corrected chi connectivity index (χ3v) is 22.4. The van der Waals surface area contributed by atoms with Crippen molar-refractivity contribution < 1.29 is 50.8 Å². The first-order chi connectivity index (χ1) is 61.7. The van der Waals surface area contributed by atoms with Crippen LogP contribution in [0, 0.1) is 29.1 Å². The van der Waals surface area contributed by atoms with Crippen LogP contribution in [0.2, 0.25) is 0 Å². The second-order valence-corrected chi connectivity index (χ2v) is 33.1. The van der Waals surface area contributed by atoms with Crippen LogP contribution in [0.1, 0.15) is 27.7 Å². The number of nitrogen functional groups attached to an aromatic ring is 4. The number of alkyl halides is 1. The Morgan fingerprint density at radius 1 is 0.465 bits per heavy atom. The van der Waals surface area contributed by atoms with Gasteiger partial charge in [0.1, 0.15) is 97.0 Å². The van der Waals surface area contributed by atoms with Gasteiger partial charge in [-0.3, -0.25) is 48.7 Å². The molecule has 0 spiro atoms. The summed E-state index contributed by atoms with van der Waals surface area (Å²) >= 11 is 26.2. The van der Waals surface area contributed by atoms with Gasteiger partial charge in [0, 0.05) is 137 Å². The first kappa shape index (κ1) is 98.7. The van der Waals surface area contributed by atoms with Crippen molar-refractivity contribution in [2.75, 3.05) is 42.5 Å². The molecule has 5 aromatic carbocycles. The Morgan fingerprint density at radius 3 is 1.31 bits per heavy atom. The second kappa shape index (κ2) is 45.6. The van der Waals surface area contributed by atoms with E-state index in [1.54, 1.807) is 141 Å². The van der Waals surface area contributed by atoms with Crippen molar-refractivity contribution >= 4 is 246 Å². The number of thiol groups is 1. The molecule has 1 aliphatic rings. The van der Waals surface area contributed by atoms with Gasteiger partial charge in [0.15, 0.2) is 33.8 Å². The van der Waals surface area contributed by atoms with Gasteiger partial charge in [0.25, 0.3) is 0 Å². The van der Waals surface area contributed by atoms with Crippen molar-refractivity contribution in [1.29, 1.82) is 0 Å². The van der Waals surface area contributed by atoms with Gasteiger partial charge in [-0.2, -0.15) is 0 Å². The van der Waals surface area contributed by atoms with E-state index in [1.807, 2.05) is 80.8 Å². The fraction of sp³-hybridized carbons (Fsp3) is 0.119. The third kappa shape index (κ3) is 25.0. The summed E-state index contributed by atoms with van der Waals surface area (Å²) < 4.78 is 101. The van der Waals surface area contributed by atoms with Gasteiger partial charge in [-0.15, -0.1) is 0 Å². The molecule has 0 amide bonds. The second-order valence-electron chi connectivity index (χ2n) is 27.7. The maximum atomic E-state index is 14.3. The van der Waals surface area contributed by atoms with Crippen molar-refractivity contribution in [3.63, 3.8) is 0 Å². The van der Waals surface area contributed by atoms with E-state index in [2.05, 4.69) is 216 Å². The quantitative estimate of drug-likeness (QED) is 0.0232. The molecule has 0 bridgehead atoms. The molecule has 13 aromatic heterocycles. The Labute approximate surface area is 798 Å². The van der Waals surface area contributed by atoms with E-state index in [1.165, 1.54) is 48.9 Å². The zero-order valence-electron chi connectivity index (χ0n) is 68.2. The molecule has 655 valence electrons. The number of benzene rings is 5. The molecule has 1 fully saturated rings. The summed E-state index contributed by atoms with van der Waals surface area (Å²) in [5.41, 5.74) is 30.8. The monoisotopic (exact) mass is 2210 g/mol. The number of methoxy groups -OCH3 is 2. The number of aromatic nitrogens is 18. The first-order valence-corrected chi connectivity index (χ1v) is 43.8. The summed E-state index contributed by atoms with van der Waals surface area (Å²) in [6, 6.07) is 37.1. The molecule has 18 aromatic rings. The predicted molar refractivity (Wildman–Crippen MR) is 519 cm³/mol. The summed E-state index contributed by atoms with van der Waals surface area (Å²) in [7, 11) is 5.59. The van der Waals surface area contributed by atoms with E-state index in [0.29, 0.717) is 129 Å². The van der Waals surface area contributed by atoms with Crippen LogP contribution in [0.5, 0.6) is 0 Å². The fourth-order valence-corrected chi connectivity index (χ4v) is 15.8. The Hall–Kier alpha value is -10.9. The molecule has 0 saturated carbocycles. The molecular weight excluding hydrogens is 2150 g/mol. The zero-order chi connectivity index (χ0) is 93.0. The molecule has 10 N–H and O–H groups in total. The van der Waals surface area contributed by atoms with Crippen LogP contribution in [0.15, 0.2) is 258 Å². The number of hydrogen-bond acceptors (Lipinski definition) is 28. The zero-order valence-corrected chi connectivity index (χ0v) is 80.2. The number of imidazole rings is 2. The number of nitrogens with zero attached hydrogens (tertiary/aromatic N) is 19. The van der Waals surface area contributed by atoms with E-state index in [-0.39, 0.29) is 58.9 Å². The van der Waals surface area contributed by atoms with Crippen LogP contribution >= 0.6 is 124 Å². The third-order valence-electron chi connectivity index (χ3n) is 18.7. The van der Waals surface area contributed by atoms with Crippen molar-refractivity contribution in [2.45, 2.75) is 45.2 Å². The number of hydrogen-bond donors (Lipinski definition) is 7.